The zero-order chi connectivity index (χ0) is 18.7. The number of nitrogens with one attached hydrogen (secondary N) is 1. The van der Waals surface area contributed by atoms with Crippen LogP contribution in [-0.2, 0) is 6.42 Å². The Morgan fingerprint density at radius 3 is 2.69 bits per heavy atom. The first-order chi connectivity index (χ1) is 12.5. The molecule has 0 bridgehead atoms. The molecular formula is C19H14ClFN2O3. The fourth-order valence-electron chi connectivity index (χ4n) is 2.60. The lowest BCUT2D eigenvalue weighted by Crippen LogP contribution is -2.14. The highest BCUT2D eigenvalue weighted by Crippen LogP contribution is 2.26. The number of ether oxygens (including phenoxy) is 1. The number of hydrogen-bond donors (Lipinski definition) is 1. The van der Waals surface area contributed by atoms with Gasteiger partial charge < -0.3 is 4.74 Å². The average molecular weight is 373 g/mol. The van der Waals surface area contributed by atoms with Crippen LogP contribution in [0.25, 0.3) is 0 Å². The summed E-state index contributed by atoms with van der Waals surface area (Å²) in [5, 5.41) is 6.07. The lowest BCUT2D eigenvalue weighted by atomic mass is 9.98. The van der Waals surface area contributed by atoms with Gasteiger partial charge in [0.1, 0.15) is 11.6 Å². The summed E-state index contributed by atoms with van der Waals surface area (Å²) in [7, 11) is 1.51. The van der Waals surface area contributed by atoms with Crippen LogP contribution in [0.2, 0.25) is 5.02 Å². The van der Waals surface area contributed by atoms with E-state index in [0.29, 0.717) is 22.4 Å². The molecule has 0 aliphatic rings. The van der Waals surface area contributed by atoms with Gasteiger partial charge in [-0.3, -0.25) is 9.59 Å². The Hall–Kier alpha value is -2.99. The molecule has 3 aromatic rings. The quantitative estimate of drug-likeness (QED) is 0.697. The first-order valence-electron chi connectivity index (χ1n) is 7.69. The summed E-state index contributed by atoms with van der Waals surface area (Å²) in [4.78, 5) is 24.6. The number of H-pyrrole nitrogens is 1. The summed E-state index contributed by atoms with van der Waals surface area (Å²) in [5.41, 5.74) is 1.40. The highest BCUT2D eigenvalue weighted by Gasteiger charge is 2.16. The van der Waals surface area contributed by atoms with Crippen LogP contribution < -0.4 is 10.3 Å². The molecule has 0 unspecified atom stereocenters. The molecule has 1 aromatic heterocycles. The van der Waals surface area contributed by atoms with E-state index in [1.807, 2.05) is 0 Å². The third-order valence-corrected chi connectivity index (χ3v) is 4.22. The Morgan fingerprint density at radius 2 is 2.00 bits per heavy atom. The van der Waals surface area contributed by atoms with Crippen molar-refractivity contribution >= 4 is 17.4 Å². The lowest BCUT2D eigenvalue weighted by Gasteiger charge is -2.11. The first kappa shape index (κ1) is 17.8. The van der Waals surface area contributed by atoms with Crippen molar-refractivity contribution in [1.29, 1.82) is 0 Å². The second-order valence-electron chi connectivity index (χ2n) is 5.57. The molecule has 26 heavy (non-hydrogen) atoms. The summed E-state index contributed by atoms with van der Waals surface area (Å²) in [6.07, 6.45) is 1.75. The number of carbonyl (C=O) groups excluding carboxylic acids is 1. The van der Waals surface area contributed by atoms with Gasteiger partial charge in [0.2, 0.25) is 0 Å². The van der Waals surface area contributed by atoms with Crippen LogP contribution in [0.5, 0.6) is 5.75 Å². The van der Waals surface area contributed by atoms with Crippen LogP contribution in [0.1, 0.15) is 27.0 Å². The first-order valence-corrected chi connectivity index (χ1v) is 8.06. The number of halogens is 2. The number of methoxy groups -OCH3 is 1. The van der Waals surface area contributed by atoms with E-state index in [0.717, 1.165) is 6.07 Å². The maximum Gasteiger partial charge on any atom is 0.267 e. The van der Waals surface area contributed by atoms with Gasteiger partial charge in [-0.2, -0.15) is 5.10 Å². The van der Waals surface area contributed by atoms with Crippen molar-refractivity contribution in [3.05, 3.63) is 92.1 Å². The van der Waals surface area contributed by atoms with E-state index in [1.54, 1.807) is 24.3 Å². The third kappa shape index (κ3) is 3.65. The van der Waals surface area contributed by atoms with E-state index >= 15 is 0 Å². The van der Waals surface area contributed by atoms with Crippen molar-refractivity contribution in [3.8, 4) is 5.75 Å². The van der Waals surface area contributed by atoms with E-state index in [1.165, 1.54) is 25.4 Å². The third-order valence-electron chi connectivity index (χ3n) is 3.91. The van der Waals surface area contributed by atoms with E-state index in [4.69, 9.17) is 16.3 Å². The molecule has 7 heteroatoms. The molecule has 0 atom stereocenters. The molecular weight excluding hydrogens is 359 g/mol. The molecule has 0 aliphatic carbocycles. The van der Waals surface area contributed by atoms with Crippen molar-refractivity contribution in [2.24, 2.45) is 0 Å². The van der Waals surface area contributed by atoms with Gasteiger partial charge >= 0.3 is 0 Å². The van der Waals surface area contributed by atoms with Crippen molar-refractivity contribution in [1.82, 2.24) is 10.2 Å². The van der Waals surface area contributed by atoms with Crippen LogP contribution in [0, 0.1) is 5.82 Å². The molecule has 0 saturated carbocycles. The Balaban J connectivity index is 2.00. The molecule has 0 amide bonds. The molecule has 2 aromatic carbocycles. The smallest absolute Gasteiger partial charge is 0.267 e. The van der Waals surface area contributed by atoms with E-state index < -0.39 is 5.82 Å². The van der Waals surface area contributed by atoms with Gasteiger partial charge in [-0.05, 0) is 48.0 Å². The number of aromatic nitrogens is 2. The van der Waals surface area contributed by atoms with Gasteiger partial charge in [-0.15, -0.1) is 0 Å². The number of hydrogen-bond acceptors (Lipinski definition) is 4. The van der Waals surface area contributed by atoms with Crippen molar-refractivity contribution in [2.75, 3.05) is 7.11 Å². The minimum Gasteiger partial charge on any atom is -0.496 e. The molecule has 0 spiro atoms. The summed E-state index contributed by atoms with van der Waals surface area (Å²) in [6.45, 7) is 0. The maximum atomic E-state index is 13.2. The summed E-state index contributed by atoms with van der Waals surface area (Å²) in [6, 6.07) is 10.1. The fraction of sp³-hybridized carbons (Fsp3) is 0.105. The topological polar surface area (TPSA) is 72.0 Å². The SMILES string of the molecule is COc1ccc(C(=O)c2ccc(F)cc2Cl)cc1Cc1ccn[nH]c1=O. The largest absolute Gasteiger partial charge is 0.496 e. The number of rotatable bonds is 5. The Kier molecular flexibility index (Phi) is 5.14. The summed E-state index contributed by atoms with van der Waals surface area (Å²) < 4.78 is 18.5. The highest BCUT2D eigenvalue weighted by molar-refractivity contribution is 6.35. The van der Waals surface area contributed by atoms with Crippen molar-refractivity contribution in [2.45, 2.75) is 6.42 Å². The van der Waals surface area contributed by atoms with Crippen LogP contribution >= 0.6 is 11.6 Å². The summed E-state index contributed by atoms with van der Waals surface area (Å²) >= 11 is 5.99. The minimum absolute atomic E-state index is 0.0398. The van der Waals surface area contributed by atoms with Gasteiger partial charge in [0, 0.05) is 29.3 Å². The Labute approximate surface area is 153 Å². The zero-order valence-electron chi connectivity index (χ0n) is 13.8. The molecule has 0 fully saturated rings. The normalized spacial score (nSPS) is 10.6. The molecule has 1 heterocycles. The standard InChI is InChI=1S/C19H14ClFN2O3/c1-26-17-5-2-11(18(24)15-4-3-14(21)10-16(15)20)8-13(17)9-12-6-7-22-23-19(12)25/h2-8,10H,9H2,1H3,(H,23,25). The Morgan fingerprint density at radius 1 is 1.19 bits per heavy atom. The monoisotopic (exact) mass is 372 g/mol. The highest BCUT2D eigenvalue weighted by atomic mass is 35.5. The van der Waals surface area contributed by atoms with E-state index in [9.17, 15) is 14.0 Å². The molecule has 0 saturated heterocycles. The number of nitrogens with zero attached hydrogens (tertiary/aromatic N) is 1. The Bertz CT molecular complexity index is 1030. The van der Waals surface area contributed by atoms with Crippen LogP contribution in [0.15, 0.2) is 53.5 Å². The maximum absolute atomic E-state index is 13.2. The molecule has 0 aliphatic heterocycles. The minimum atomic E-state index is -0.515. The van der Waals surface area contributed by atoms with Crippen LogP contribution in [0.4, 0.5) is 4.39 Å². The second-order valence-corrected chi connectivity index (χ2v) is 5.97. The zero-order valence-corrected chi connectivity index (χ0v) is 14.5. The van der Waals surface area contributed by atoms with Gasteiger partial charge in [-0.1, -0.05) is 11.6 Å². The number of benzene rings is 2. The predicted octanol–water partition coefficient (Wildman–Crippen LogP) is 3.39. The fourth-order valence-corrected chi connectivity index (χ4v) is 2.86. The van der Waals surface area contributed by atoms with Crippen LogP contribution in [-0.4, -0.2) is 23.1 Å². The van der Waals surface area contributed by atoms with Gasteiger partial charge in [-0.25, -0.2) is 9.49 Å². The molecule has 1 N–H and O–H groups in total. The molecule has 0 radical (unpaired) electrons. The second kappa shape index (κ2) is 7.49. The van der Waals surface area contributed by atoms with Crippen molar-refractivity contribution in [3.63, 3.8) is 0 Å². The molecule has 3 rings (SSSR count). The average Bonchev–Trinajstić information content (AvgIpc) is 2.63. The lowest BCUT2D eigenvalue weighted by molar-refractivity contribution is 0.103. The predicted molar refractivity (Wildman–Crippen MR) is 95.5 cm³/mol. The van der Waals surface area contributed by atoms with E-state index in [-0.39, 0.29) is 28.3 Å². The number of aromatic amines is 1. The number of ketones is 1. The van der Waals surface area contributed by atoms with Gasteiger partial charge in [0.05, 0.1) is 12.1 Å². The van der Waals surface area contributed by atoms with Crippen molar-refractivity contribution < 1.29 is 13.9 Å². The van der Waals surface area contributed by atoms with Gasteiger partial charge in [0.15, 0.2) is 5.78 Å². The summed E-state index contributed by atoms with van der Waals surface area (Å²) in [5.74, 6) is -0.315. The molecule has 132 valence electrons. The van der Waals surface area contributed by atoms with E-state index in [2.05, 4.69) is 10.2 Å². The number of carbonyl (C=O) groups is 1. The van der Waals surface area contributed by atoms with Crippen LogP contribution in [0.3, 0.4) is 0 Å². The molecule has 5 nitrogen and oxygen atoms in total. The van der Waals surface area contributed by atoms with Gasteiger partial charge in [0.25, 0.3) is 5.56 Å².